The number of fused-ring (bicyclic) bond motifs is 1. The molecule has 2 aromatic rings. The summed E-state index contributed by atoms with van der Waals surface area (Å²) < 4.78 is 2.31. The SMILES string of the molecule is CC(C)c1ccc(C2CCc3cnc(CN)n3C2)cc1. The minimum absolute atomic E-state index is 0.527. The number of rotatable bonds is 3. The Bertz CT molecular complexity index is 567. The van der Waals surface area contributed by atoms with Crippen LogP contribution in [-0.4, -0.2) is 9.55 Å². The Labute approximate surface area is 120 Å². The number of nitrogens with two attached hydrogens (primary N) is 1. The van der Waals surface area contributed by atoms with Crippen LogP contribution in [0.4, 0.5) is 0 Å². The minimum Gasteiger partial charge on any atom is -0.330 e. The number of hydrogen-bond acceptors (Lipinski definition) is 2. The maximum Gasteiger partial charge on any atom is 0.122 e. The zero-order chi connectivity index (χ0) is 14.1. The first kappa shape index (κ1) is 13.4. The van der Waals surface area contributed by atoms with E-state index in [-0.39, 0.29) is 0 Å². The largest absolute Gasteiger partial charge is 0.330 e. The van der Waals surface area contributed by atoms with Crippen molar-refractivity contribution >= 4 is 0 Å². The highest BCUT2D eigenvalue weighted by atomic mass is 15.1. The van der Waals surface area contributed by atoms with Gasteiger partial charge < -0.3 is 10.3 Å². The second kappa shape index (κ2) is 5.41. The van der Waals surface area contributed by atoms with E-state index in [1.165, 1.54) is 23.2 Å². The summed E-state index contributed by atoms with van der Waals surface area (Å²) in [6.07, 6.45) is 4.29. The van der Waals surface area contributed by atoms with Crippen molar-refractivity contribution in [2.45, 2.75) is 51.6 Å². The lowest BCUT2D eigenvalue weighted by Crippen LogP contribution is -2.21. The number of imidazole rings is 1. The van der Waals surface area contributed by atoms with Gasteiger partial charge in [-0.3, -0.25) is 0 Å². The molecule has 0 bridgehead atoms. The summed E-state index contributed by atoms with van der Waals surface area (Å²) in [6.45, 7) is 6.02. The van der Waals surface area contributed by atoms with Crippen LogP contribution in [0.25, 0.3) is 0 Å². The maximum absolute atomic E-state index is 5.77. The van der Waals surface area contributed by atoms with Crippen LogP contribution in [0.5, 0.6) is 0 Å². The van der Waals surface area contributed by atoms with Gasteiger partial charge in [0.25, 0.3) is 0 Å². The number of aryl methyl sites for hydroxylation is 1. The van der Waals surface area contributed by atoms with E-state index < -0.39 is 0 Å². The van der Waals surface area contributed by atoms with Crippen molar-refractivity contribution < 1.29 is 0 Å². The average Bonchev–Trinajstić information content (AvgIpc) is 2.89. The highest BCUT2D eigenvalue weighted by molar-refractivity contribution is 5.28. The van der Waals surface area contributed by atoms with Gasteiger partial charge in [-0.2, -0.15) is 0 Å². The Morgan fingerprint density at radius 2 is 2.05 bits per heavy atom. The predicted molar refractivity (Wildman–Crippen MR) is 81.7 cm³/mol. The second-order valence-corrected chi connectivity index (χ2v) is 6.04. The lowest BCUT2D eigenvalue weighted by molar-refractivity contribution is 0.451. The molecule has 106 valence electrons. The molecule has 2 N–H and O–H groups in total. The molecule has 0 radical (unpaired) electrons. The third kappa shape index (κ3) is 2.38. The Balaban J connectivity index is 1.82. The normalized spacial score (nSPS) is 18.3. The van der Waals surface area contributed by atoms with Gasteiger partial charge in [0.15, 0.2) is 0 Å². The van der Waals surface area contributed by atoms with Gasteiger partial charge in [-0.15, -0.1) is 0 Å². The van der Waals surface area contributed by atoms with E-state index in [0.717, 1.165) is 18.8 Å². The molecule has 3 nitrogen and oxygen atoms in total. The summed E-state index contributed by atoms with van der Waals surface area (Å²) in [7, 11) is 0. The fourth-order valence-electron chi connectivity index (χ4n) is 3.10. The van der Waals surface area contributed by atoms with Crippen LogP contribution in [0.2, 0.25) is 0 Å². The van der Waals surface area contributed by atoms with Crippen molar-refractivity contribution in [1.82, 2.24) is 9.55 Å². The van der Waals surface area contributed by atoms with Crippen molar-refractivity contribution in [3.05, 3.63) is 53.1 Å². The van der Waals surface area contributed by atoms with Crippen molar-refractivity contribution in [3.8, 4) is 0 Å². The molecule has 1 unspecified atom stereocenters. The van der Waals surface area contributed by atoms with Crippen LogP contribution in [-0.2, 0) is 19.5 Å². The summed E-state index contributed by atoms with van der Waals surface area (Å²) >= 11 is 0. The molecule has 1 aliphatic rings. The third-order valence-corrected chi connectivity index (χ3v) is 4.43. The standard InChI is InChI=1S/C17H23N3/c1-12(2)13-3-5-14(6-4-13)15-7-8-16-10-19-17(9-18)20(16)11-15/h3-6,10,12,15H,7-9,11,18H2,1-2H3. The number of hydrogen-bond donors (Lipinski definition) is 1. The average molecular weight is 269 g/mol. The monoisotopic (exact) mass is 269 g/mol. The molecule has 1 aromatic heterocycles. The predicted octanol–water partition coefficient (Wildman–Crippen LogP) is 3.20. The molecule has 3 heteroatoms. The quantitative estimate of drug-likeness (QED) is 0.930. The molecule has 3 rings (SSSR count). The van der Waals surface area contributed by atoms with Gasteiger partial charge in [-0.05, 0) is 29.9 Å². The lowest BCUT2D eigenvalue weighted by Gasteiger charge is -2.26. The van der Waals surface area contributed by atoms with Gasteiger partial charge in [-0.25, -0.2) is 4.98 Å². The minimum atomic E-state index is 0.527. The fraction of sp³-hybridized carbons (Fsp3) is 0.471. The first-order chi connectivity index (χ1) is 9.69. The van der Waals surface area contributed by atoms with E-state index in [1.54, 1.807) is 0 Å². The molecule has 2 heterocycles. The van der Waals surface area contributed by atoms with E-state index in [4.69, 9.17) is 5.73 Å². The first-order valence-corrected chi connectivity index (χ1v) is 7.52. The number of benzene rings is 1. The van der Waals surface area contributed by atoms with Crippen LogP contribution in [0.3, 0.4) is 0 Å². The van der Waals surface area contributed by atoms with Gasteiger partial charge >= 0.3 is 0 Å². The summed E-state index contributed by atoms with van der Waals surface area (Å²) in [5.74, 6) is 2.20. The molecule has 0 spiro atoms. The molecule has 0 fully saturated rings. The van der Waals surface area contributed by atoms with Crippen molar-refractivity contribution in [1.29, 1.82) is 0 Å². The summed E-state index contributed by atoms with van der Waals surface area (Å²) in [5, 5.41) is 0. The molecule has 0 saturated heterocycles. The zero-order valence-electron chi connectivity index (χ0n) is 12.3. The van der Waals surface area contributed by atoms with Crippen LogP contribution in [0.1, 0.15) is 54.7 Å². The highest BCUT2D eigenvalue weighted by Gasteiger charge is 2.22. The molecule has 1 aliphatic heterocycles. The molecule has 0 aliphatic carbocycles. The van der Waals surface area contributed by atoms with Gasteiger partial charge in [0, 0.05) is 24.4 Å². The second-order valence-electron chi connectivity index (χ2n) is 6.04. The van der Waals surface area contributed by atoms with Crippen molar-refractivity contribution in [2.75, 3.05) is 0 Å². The summed E-state index contributed by atoms with van der Waals surface area (Å²) in [5.41, 5.74) is 9.96. The Morgan fingerprint density at radius 3 is 2.70 bits per heavy atom. The van der Waals surface area contributed by atoms with Gasteiger partial charge in [-0.1, -0.05) is 38.1 Å². The Morgan fingerprint density at radius 1 is 1.30 bits per heavy atom. The molecule has 1 atom stereocenters. The van der Waals surface area contributed by atoms with Crippen molar-refractivity contribution in [2.24, 2.45) is 5.73 Å². The third-order valence-electron chi connectivity index (χ3n) is 4.43. The van der Waals surface area contributed by atoms with Crippen LogP contribution >= 0.6 is 0 Å². The lowest BCUT2D eigenvalue weighted by atomic mass is 9.89. The fourth-order valence-corrected chi connectivity index (χ4v) is 3.10. The highest BCUT2D eigenvalue weighted by Crippen LogP contribution is 2.30. The Kier molecular flexibility index (Phi) is 3.62. The van der Waals surface area contributed by atoms with Gasteiger partial charge in [0.05, 0.1) is 6.54 Å². The number of nitrogens with zero attached hydrogens (tertiary/aromatic N) is 2. The van der Waals surface area contributed by atoms with E-state index in [0.29, 0.717) is 18.4 Å². The summed E-state index contributed by atoms with van der Waals surface area (Å²) in [6, 6.07) is 9.13. The van der Waals surface area contributed by atoms with Crippen molar-refractivity contribution in [3.63, 3.8) is 0 Å². The van der Waals surface area contributed by atoms with Crippen LogP contribution < -0.4 is 5.73 Å². The molecule has 0 saturated carbocycles. The van der Waals surface area contributed by atoms with Crippen LogP contribution in [0, 0.1) is 0 Å². The van der Waals surface area contributed by atoms with Crippen LogP contribution in [0.15, 0.2) is 30.5 Å². The van der Waals surface area contributed by atoms with Gasteiger partial charge in [0.1, 0.15) is 5.82 Å². The van der Waals surface area contributed by atoms with E-state index in [1.807, 2.05) is 6.20 Å². The first-order valence-electron chi connectivity index (χ1n) is 7.52. The van der Waals surface area contributed by atoms with E-state index >= 15 is 0 Å². The molecular formula is C17H23N3. The topological polar surface area (TPSA) is 43.8 Å². The summed E-state index contributed by atoms with van der Waals surface area (Å²) in [4.78, 5) is 4.42. The molecule has 1 aromatic carbocycles. The smallest absolute Gasteiger partial charge is 0.122 e. The van der Waals surface area contributed by atoms with E-state index in [2.05, 4.69) is 47.7 Å². The number of aromatic nitrogens is 2. The molecular weight excluding hydrogens is 246 g/mol. The maximum atomic E-state index is 5.77. The van der Waals surface area contributed by atoms with E-state index in [9.17, 15) is 0 Å². The Hall–Kier alpha value is -1.61. The van der Waals surface area contributed by atoms with Gasteiger partial charge in [0.2, 0.25) is 0 Å². The molecule has 20 heavy (non-hydrogen) atoms. The molecule has 0 amide bonds. The zero-order valence-corrected chi connectivity index (χ0v) is 12.3.